The molecule has 1 aliphatic rings. The first kappa shape index (κ1) is 22.3. The van der Waals surface area contributed by atoms with E-state index in [1.807, 2.05) is 25.1 Å². The molecule has 1 N–H and O–H groups in total. The number of carbonyl (C=O) groups excluding carboxylic acids is 1. The van der Waals surface area contributed by atoms with Gasteiger partial charge in [-0.05, 0) is 48.9 Å². The van der Waals surface area contributed by atoms with E-state index in [4.69, 9.17) is 4.74 Å². The standard InChI is InChI=1S/C23H23F2N3O3S/c1-15-20(17-5-7-19(8-6-17)31-22(24)25)26-23(32-15)27-21(29)18-4-2-3-16(13-18)14-28-9-11-30-12-10-28/h2-8,13,22H,9-12,14H2,1H3,(H,26,27,29). The molecule has 1 saturated heterocycles. The second kappa shape index (κ2) is 10.2. The van der Waals surface area contributed by atoms with Crippen LogP contribution in [0.15, 0.2) is 48.5 Å². The molecule has 2 heterocycles. The average molecular weight is 460 g/mol. The topological polar surface area (TPSA) is 63.7 Å². The van der Waals surface area contributed by atoms with Crippen molar-refractivity contribution in [2.75, 3.05) is 31.6 Å². The molecule has 4 rings (SSSR count). The van der Waals surface area contributed by atoms with Crippen molar-refractivity contribution in [1.29, 1.82) is 0 Å². The van der Waals surface area contributed by atoms with E-state index in [1.165, 1.54) is 23.5 Å². The number of aromatic nitrogens is 1. The third kappa shape index (κ3) is 5.67. The number of anilines is 1. The molecule has 0 aliphatic carbocycles. The van der Waals surface area contributed by atoms with Gasteiger partial charge in [-0.1, -0.05) is 12.1 Å². The molecule has 0 saturated carbocycles. The predicted octanol–water partition coefficient (Wildman–Crippen LogP) is 4.80. The average Bonchev–Trinajstić information content (AvgIpc) is 3.14. The van der Waals surface area contributed by atoms with Crippen LogP contribution in [0, 0.1) is 6.92 Å². The number of alkyl halides is 2. The molecule has 0 atom stereocenters. The quantitative estimate of drug-likeness (QED) is 0.550. The Morgan fingerprint density at radius 2 is 1.97 bits per heavy atom. The number of hydrogen-bond acceptors (Lipinski definition) is 6. The lowest BCUT2D eigenvalue weighted by atomic mass is 10.1. The first-order chi connectivity index (χ1) is 15.5. The third-order valence-corrected chi connectivity index (χ3v) is 5.96. The van der Waals surface area contributed by atoms with E-state index in [2.05, 4.69) is 19.9 Å². The van der Waals surface area contributed by atoms with Crippen LogP contribution in [0.4, 0.5) is 13.9 Å². The summed E-state index contributed by atoms with van der Waals surface area (Å²) in [6.07, 6.45) is 0. The summed E-state index contributed by atoms with van der Waals surface area (Å²) in [4.78, 5) is 20.5. The van der Waals surface area contributed by atoms with Crippen LogP contribution < -0.4 is 10.1 Å². The van der Waals surface area contributed by atoms with Gasteiger partial charge in [-0.3, -0.25) is 15.0 Å². The number of hydrogen-bond donors (Lipinski definition) is 1. The first-order valence-electron chi connectivity index (χ1n) is 10.2. The van der Waals surface area contributed by atoms with Crippen molar-refractivity contribution in [3.05, 3.63) is 64.5 Å². The van der Waals surface area contributed by atoms with Crippen molar-refractivity contribution in [2.24, 2.45) is 0 Å². The number of ether oxygens (including phenoxy) is 2. The molecule has 0 unspecified atom stereocenters. The normalized spacial score (nSPS) is 14.5. The zero-order chi connectivity index (χ0) is 22.5. The van der Waals surface area contributed by atoms with E-state index in [0.717, 1.165) is 48.9 Å². The van der Waals surface area contributed by atoms with Gasteiger partial charge in [-0.25, -0.2) is 4.98 Å². The molecule has 1 aliphatic heterocycles. The molecule has 0 bridgehead atoms. The minimum Gasteiger partial charge on any atom is -0.435 e. The fourth-order valence-electron chi connectivity index (χ4n) is 3.51. The maximum absolute atomic E-state index is 12.8. The Labute approximate surface area is 188 Å². The Bertz CT molecular complexity index is 1070. The van der Waals surface area contributed by atoms with Gasteiger partial charge in [0.05, 0.1) is 18.9 Å². The molecule has 168 valence electrons. The molecule has 9 heteroatoms. The van der Waals surface area contributed by atoms with Gasteiger partial charge < -0.3 is 9.47 Å². The first-order valence-corrected chi connectivity index (χ1v) is 11.0. The van der Waals surface area contributed by atoms with Crippen LogP contribution in [-0.4, -0.2) is 48.7 Å². The maximum Gasteiger partial charge on any atom is 0.387 e. The molecule has 6 nitrogen and oxygen atoms in total. The summed E-state index contributed by atoms with van der Waals surface area (Å²) in [5.41, 5.74) is 3.09. The van der Waals surface area contributed by atoms with Crippen LogP contribution in [-0.2, 0) is 11.3 Å². The fourth-order valence-corrected chi connectivity index (χ4v) is 4.34. The van der Waals surface area contributed by atoms with Gasteiger partial charge in [0, 0.05) is 35.6 Å². The molecule has 32 heavy (non-hydrogen) atoms. The Morgan fingerprint density at radius 1 is 1.22 bits per heavy atom. The highest BCUT2D eigenvalue weighted by Crippen LogP contribution is 2.31. The van der Waals surface area contributed by atoms with E-state index in [9.17, 15) is 13.6 Å². The summed E-state index contributed by atoms with van der Waals surface area (Å²) < 4.78 is 34.4. The number of rotatable bonds is 7. The lowest BCUT2D eigenvalue weighted by Gasteiger charge is -2.26. The Kier molecular flexibility index (Phi) is 7.09. The SMILES string of the molecule is Cc1sc(NC(=O)c2cccc(CN3CCOCC3)c2)nc1-c1ccc(OC(F)F)cc1. The number of nitrogens with one attached hydrogen (secondary N) is 1. The van der Waals surface area contributed by atoms with Crippen LogP contribution in [0.1, 0.15) is 20.8 Å². The number of thiazole rings is 1. The van der Waals surface area contributed by atoms with Crippen LogP contribution in [0.5, 0.6) is 5.75 Å². The zero-order valence-corrected chi connectivity index (χ0v) is 18.3. The number of benzene rings is 2. The highest BCUT2D eigenvalue weighted by Gasteiger charge is 2.15. The third-order valence-electron chi connectivity index (χ3n) is 5.07. The lowest BCUT2D eigenvalue weighted by Crippen LogP contribution is -2.35. The molecule has 0 radical (unpaired) electrons. The molecule has 3 aromatic rings. The predicted molar refractivity (Wildman–Crippen MR) is 119 cm³/mol. The summed E-state index contributed by atoms with van der Waals surface area (Å²) in [6.45, 7) is 3.03. The van der Waals surface area contributed by atoms with Crippen molar-refractivity contribution in [3.63, 3.8) is 0 Å². The molecule has 2 aromatic carbocycles. The minimum atomic E-state index is -2.86. The molecular formula is C23H23F2N3O3S. The number of aryl methyl sites for hydroxylation is 1. The maximum atomic E-state index is 12.8. The van der Waals surface area contributed by atoms with E-state index in [-0.39, 0.29) is 11.7 Å². The number of carbonyl (C=O) groups is 1. The van der Waals surface area contributed by atoms with Gasteiger partial charge in [-0.15, -0.1) is 11.3 Å². The molecule has 1 fully saturated rings. The Morgan fingerprint density at radius 3 is 2.69 bits per heavy atom. The summed E-state index contributed by atoms with van der Waals surface area (Å²) in [7, 11) is 0. The van der Waals surface area contributed by atoms with Gasteiger partial charge in [0.1, 0.15) is 5.75 Å². The molecule has 1 amide bonds. The Hall–Kier alpha value is -2.88. The van der Waals surface area contributed by atoms with Gasteiger partial charge in [0.2, 0.25) is 0 Å². The van der Waals surface area contributed by atoms with Crippen molar-refractivity contribution >= 4 is 22.4 Å². The summed E-state index contributed by atoms with van der Waals surface area (Å²) in [5.74, 6) is -0.142. The summed E-state index contributed by atoms with van der Waals surface area (Å²) in [5, 5.41) is 3.35. The summed E-state index contributed by atoms with van der Waals surface area (Å²) in [6, 6.07) is 13.8. The second-order valence-corrected chi connectivity index (χ2v) is 8.57. The lowest BCUT2D eigenvalue weighted by molar-refractivity contribution is -0.0498. The van der Waals surface area contributed by atoms with Crippen molar-refractivity contribution in [1.82, 2.24) is 9.88 Å². The number of halogens is 2. The van der Waals surface area contributed by atoms with Gasteiger partial charge in [-0.2, -0.15) is 8.78 Å². The highest BCUT2D eigenvalue weighted by molar-refractivity contribution is 7.16. The van der Waals surface area contributed by atoms with E-state index < -0.39 is 6.61 Å². The zero-order valence-electron chi connectivity index (χ0n) is 17.5. The molecule has 1 aromatic heterocycles. The summed E-state index contributed by atoms with van der Waals surface area (Å²) >= 11 is 1.36. The van der Waals surface area contributed by atoms with Crippen LogP contribution in [0.25, 0.3) is 11.3 Å². The molecule has 0 spiro atoms. The van der Waals surface area contributed by atoms with E-state index in [1.54, 1.807) is 18.2 Å². The largest absolute Gasteiger partial charge is 0.435 e. The van der Waals surface area contributed by atoms with Crippen molar-refractivity contribution < 1.29 is 23.0 Å². The monoisotopic (exact) mass is 459 g/mol. The van der Waals surface area contributed by atoms with Gasteiger partial charge >= 0.3 is 6.61 Å². The van der Waals surface area contributed by atoms with Crippen molar-refractivity contribution in [3.8, 4) is 17.0 Å². The van der Waals surface area contributed by atoms with E-state index in [0.29, 0.717) is 16.4 Å². The van der Waals surface area contributed by atoms with E-state index >= 15 is 0 Å². The van der Waals surface area contributed by atoms with Crippen LogP contribution in [0.2, 0.25) is 0 Å². The van der Waals surface area contributed by atoms with Crippen LogP contribution in [0.3, 0.4) is 0 Å². The number of nitrogens with zero attached hydrogens (tertiary/aromatic N) is 2. The number of morpholine rings is 1. The van der Waals surface area contributed by atoms with Gasteiger partial charge in [0.15, 0.2) is 5.13 Å². The number of amides is 1. The Balaban J connectivity index is 1.43. The van der Waals surface area contributed by atoms with Crippen molar-refractivity contribution in [2.45, 2.75) is 20.1 Å². The highest BCUT2D eigenvalue weighted by atomic mass is 32.1. The minimum absolute atomic E-state index is 0.0853. The van der Waals surface area contributed by atoms with Crippen LogP contribution >= 0.6 is 11.3 Å². The van der Waals surface area contributed by atoms with Gasteiger partial charge in [0.25, 0.3) is 5.91 Å². The second-order valence-electron chi connectivity index (χ2n) is 7.37. The smallest absolute Gasteiger partial charge is 0.387 e. The molecular weight excluding hydrogens is 436 g/mol. The fraction of sp³-hybridized carbons (Fsp3) is 0.304.